The largest absolute Gasteiger partial charge is 0.331 e. The lowest BCUT2D eigenvalue weighted by molar-refractivity contribution is -0.870. The highest BCUT2D eigenvalue weighted by atomic mass is 32.2. The van der Waals surface area contributed by atoms with Crippen LogP contribution in [0.5, 0.6) is 0 Å². The number of anilines is 2. The molecule has 1 atom stereocenters. The summed E-state index contributed by atoms with van der Waals surface area (Å²) in [7, 11) is 6.77. The van der Waals surface area contributed by atoms with Gasteiger partial charge in [-0.2, -0.15) is 0 Å². The van der Waals surface area contributed by atoms with Gasteiger partial charge in [0.05, 0.1) is 45.1 Å². The average molecular weight is 299 g/mol. The molecule has 0 saturated carbocycles. The van der Waals surface area contributed by atoms with Gasteiger partial charge in [-0.3, -0.25) is 0 Å². The highest BCUT2D eigenvalue weighted by molar-refractivity contribution is 7.99. The molecule has 0 spiro atoms. The van der Waals surface area contributed by atoms with Crippen molar-refractivity contribution in [3.8, 4) is 0 Å². The first-order chi connectivity index (χ1) is 9.96. The molecule has 0 saturated heterocycles. The van der Waals surface area contributed by atoms with Gasteiger partial charge in [0.25, 0.3) is 0 Å². The number of rotatable bonds is 3. The summed E-state index contributed by atoms with van der Waals surface area (Å²) >= 11 is 1.87. The van der Waals surface area contributed by atoms with Crippen molar-refractivity contribution in [1.29, 1.82) is 0 Å². The van der Waals surface area contributed by atoms with E-state index in [1.165, 1.54) is 21.2 Å². The quantitative estimate of drug-likeness (QED) is 0.774. The lowest BCUT2D eigenvalue weighted by Gasteiger charge is -2.39. The Kier molecular flexibility index (Phi) is 3.72. The molecule has 1 unspecified atom stereocenters. The normalized spacial score (nSPS) is 15.3. The third kappa shape index (κ3) is 2.94. The highest BCUT2D eigenvalue weighted by Gasteiger charge is 2.29. The summed E-state index contributed by atoms with van der Waals surface area (Å²) < 4.78 is 0.967. The van der Waals surface area contributed by atoms with Crippen molar-refractivity contribution in [3.63, 3.8) is 0 Å². The summed E-state index contributed by atoms with van der Waals surface area (Å²) in [5, 5.41) is 0. The first-order valence-electron chi connectivity index (χ1n) is 7.41. The van der Waals surface area contributed by atoms with Crippen LogP contribution in [0.4, 0.5) is 11.4 Å². The Labute approximate surface area is 132 Å². The summed E-state index contributed by atoms with van der Waals surface area (Å²) in [6, 6.07) is 17.9. The number of quaternary nitrogens is 1. The molecule has 0 fully saturated rings. The van der Waals surface area contributed by atoms with E-state index in [4.69, 9.17) is 0 Å². The number of benzene rings is 2. The summed E-state index contributed by atoms with van der Waals surface area (Å²) in [5.41, 5.74) is 2.67. The first kappa shape index (κ1) is 14.5. The van der Waals surface area contributed by atoms with Gasteiger partial charge in [-0.05, 0) is 31.2 Å². The minimum Gasteiger partial charge on any atom is -0.331 e. The molecule has 0 aliphatic carbocycles. The fourth-order valence-corrected chi connectivity index (χ4v) is 4.15. The van der Waals surface area contributed by atoms with Crippen LogP contribution >= 0.6 is 11.8 Å². The van der Waals surface area contributed by atoms with Crippen LogP contribution in [-0.4, -0.2) is 38.2 Å². The van der Waals surface area contributed by atoms with Crippen molar-refractivity contribution >= 4 is 23.1 Å². The van der Waals surface area contributed by atoms with E-state index in [2.05, 4.69) is 81.5 Å². The number of hydrogen-bond acceptors (Lipinski definition) is 2. The van der Waals surface area contributed by atoms with Crippen molar-refractivity contribution in [3.05, 3.63) is 48.5 Å². The molecule has 3 heteroatoms. The summed E-state index contributed by atoms with van der Waals surface area (Å²) in [5.74, 6) is 0. The van der Waals surface area contributed by atoms with E-state index < -0.39 is 0 Å². The van der Waals surface area contributed by atoms with E-state index in [0.29, 0.717) is 6.04 Å². The van der Waals surface area contributed by atoms with Gasteiger partial charge in [-0.15, -0.1) is 0 Å². The Morgan fingerprint density at radius 1 is 0.905 bits per heavy atom. The standard InChI is InChI=1S/C18H23N2S/c1-14(13-20(2,3)4)19-15-9-5-7-11-17(15)21-18-12-8-6-10-16(18)19/h5-12,14H,13H2,1-4H3/q+1. The zero-order chi connectivity index (χ0) is 15.0. The Bertz CT molecular complexity index is 600. The Morgan fingerprint density at radius 3 is 1.86 bits per heavy atom. The molecular weight excluding hydrogens is 276 g/mol. The molecule has 0 N–H and O–H groups in total. The zero-order valence-corrected chi connectivity index (χ0v) is 14.0. The molecule has 1 aliphatic heterocycles. The summed E-state index contributed by atoms with van der Waals surface area (Å²) in [6.07, 6.45) is 0. The average Bonchev–Trinajstić information content (AvgIpc) is 2.42. The van der Waals surface area contributed by atoms with Crippen LogP contribution in [0.1, 0.15) is 6.92 Å². The molecule has 0 radical (unpaired) electrons. The Morgan fingerprint density at radius 2 is 1.38 bits per heavy atom. The van der Waals surface area contributed by atoms with Gasteiger partial charge in [0.2, 0.25) is 0 Å². The van der Waals surface area contributed by atoms with Crippen molar-refractivity contribution < 1.29 is 4.48 Å². The van der Waals surface area contributed by atoms with Crippen molar-refractivity contribution in [2.75, 3.05) is 32.6 Å². The van der Waals surface area contributed by atoms with Gasteiger partial charge < -0.3 is 9.38 Å². The van der Waals surface area contributed by atoms with E-state index in [1.54, 1.807) is 0 Å². The van der Waals surface area contributed by atoms with Gasteiger partial charge in [0, 0.05) is 9.79 Å². The van der Waals surface area contributed by atoms with Crippen molar-refractivity contribution in [1.82, 2.24) is 0 Å². The van der Waals surface area contributed by atoms with Gasteiger partial charge in [-0.25, -0.2) is 0 Å². The predicted octanol–water partition coefficient (Wildman–Crippen LogP) is 4.38. The van der Waals surface area contributed by atoms with Gasteiger partial charge in [0.1, 0.15) is 0 Å². The third-order valence-corrected chi connectivity index (χ3v) is 4.85. The number of para-hydroxylation sites is 2. The molecular formula is C18H23N2S+. The molecule has 2 aromatic carbocycles. The fraction of sp³-hybridized carbons (Fsp3) is 0.333. The van der Waals surface area contributed by atoms with Crippen LogP contribution in [0.25, 0.3) is 0 Å². The maximum atomic E-state index is 2.50. The Hall–Kier alpha value is -1.45. The lowest BCUT2D eigenvalue weighted by atomic mass is 10.1. The molecule has 0 bridgehead atoms. The van der Waals surface area contributed by atoms with Crippen LogP contribution in [-0.2, 0) is 0 Å². The van der Waals surface area contributed by atoms with Gasteiger partial charge in [-0.1, -0.05) is 36.0 Å². The molecule has 2 aromatic rings. The molecule has 1 heterocycles. The summed E-state index contributed by atoms with van der Waals surface area (Å²) in [6.45, 7) is 3.43. The number of likely N-dealkylation sites (N-methyl/N-ethyl adjacent to an activating group) is 1. The van der Waals surface area contributed by atoms with Gasteiger partial charge >= 0.3 is 0 Å². The zero-order valence-electron chi connectivity index (χ0n) is 13.2. The molecule has 0 aromatic heterocycles. The first-order valence-corrected chi connectivity index (χ1v) is 8.23. The van der Waals surface area contributed by atoms with Crippen molar-refractivity contribution in [2.45, 2.75) is 22.8 Å². The molecule has 3 rings (SSSR count). The van der Waals surface area contributed by atoms with E-state index >= 15 is 0 Å². The second kappa shape index (κ2) is 5.39. The van der Waals surface area contributed by atoms with Gasteiger partial charge in [0.15, 0.2) is 0 Å². The van der Waals surface area contributed by atoms with Crippen LogP contribution in [0, 0.1) is 0 Å². The fourth-order valence-electron chi connectivity index (χ4n) is 3.08. The predicted molar refractivity (Wildman–Crippen MR) is 91.5 cm³/mol. The molecule has 1 aliphatic rings. The second-order valence-electron chi connectivity index (χ2n) is 6.73. The molecule has 0 amide bonds. The minimum absolute atomic E-state index is 0.452. The second-order valence-corrected chi connectivity index (χ2v) is 7.81. The minimum atomic E-state index is 0.452. The monoisotopic (exact) mass is 299 g/mol. The van der Waals surface area contributed by atoms with Crippen molar-refractivity contribution in [2.24, 2.45) is 0 Å². The van der Waals surface area contributed by atoms with Crippen LogP contribution in [0.15, 0.2) is 58.3 Å². The smallest absolute Gasteiger partial charge is 0.0988 e. The number of nitrogens with zero attached hydrogens (tertiary/aromatic N) is 2. The van der Waals surface area contributed by atoms with E-state index in [1.807, 2.05) is 11.8 Å². The van der Waals surface area contributed by atoms with Crippen LogP contribution < -0.4 is 4.90 Å². The summed E-state index contributed by atoms with van der Waals surface area (Å²) in [4.78, 5) is 5.21. The van der Waals surface area contributed by atoms with E-state index in [0.717, 1.165) is 11.0 Å². The topological polar surface area (TPSA) is 3.24 Å². The number of hydrogen-bond donors (Lipinski definition) is 0. The maximum Gasteiger partial charge on any atom is 0.0988 e. The number of fused-ring (bicyclic) bond motifs is 2. The van der Waals surface area contributed by atoms with E-state index in [-0.39, 0.29) is 0 Å². The van der Waals surface area contributed by atoms with Crippen LogP contribution in [0.3, 0.4) is 0 Å². The van der Waals surface area contributed by atoms with E-state index in [9.17, 15) is 0 Å². The third-order valence-electron chi connectivity index (χ3n) is 3.72. The molecule has 21 heavy (non-hydrogen) atoms. The Balaban J connectivity index is 2.06. The molecule has 110 valence electrons. The van der Waals surface area contributed by atoms with Crippen LogP contribution in [0.2, 0.25) is 0 Å². The SMILES string of the molecule is CC(C[N+](C)(C)C)N1c2ccccc2Sc2ccccc21. The highest BCUT2D eigenvalue weighted by Crippen LogP contribution is 2.48. The maximum absolute atomic E-state index is 2.50. The lowest BCUT2D eigenvalue weighted by Crippen LogP contribution is -2.46. The molecule has 2 nitrogen and oxygen atoms in total.